The average Bonchev–Trinajstić information content (AvgIpc) is 2.15. The largest absolute Gasteiger partial charge is 0.467 e. The first kappa shape index (κ1) is 9.64. The smallest absolute Gasteiger partial charge is 0.345 e. The SMILES string of the molecule is COC(=O)C(F)c1cccc(F)c1. The van der Waals surface area contributed by atoms with Gasteiger partial charge in [-0.15, -0.1) is 0 Å². The van der Waals surface area contributed by atoms with Gasteiger partial charge in [-0.2, -0.15) is 0 Å². The lowest BCUT2D eigenvalue weighted by molar-refractivity contribution is -0.146. The zero-order valence-corrected chi connectivity index (χ0v) is 6.96. The van der Waals surface area contributed by atoms with Gasteiger partial charge in [0, 0.05) is 5.56 Å². The van der Waals surface area contributed by atoms with Crippen LogP contribution in [0.3, 0.4) is 0 Å². The molecule has 0 saturated carbocycles. The highest BCUT2D eigenvalue weighted by atomic mass is 19.1. The van der Waals surface area contributed by atoms with E-state index in [1.54, 1.807) is 0 Å². The number of esters is 1. The normalized spacial score (nSPS) is 12.2. The van der Waals surface area contributed by atoms with Crippen LogP contribution in [0.5, 0.6) is 0 Å². The Hall–Kier alpha value is -1.45. The molecule has 0 spiro atoms. The number of methoxy groups -OCH3 is 1. The lowest BCUT2D eigenvalue weighted by Crippen LogP contribution is -2.09. The summed E-state index contributed by atoms with van der Waals surface area (Å²) < 4.78 is 29.8. The Morgan fingerprint density at radius 1 is 1.54 bits per heavy atom. The third kappa shape index (κ3) is 2.24. The van der Waals surface area contributed by atoms with E-state index in [2.05, 4.69) is 4.74 Å². The molecule has 0 heterocycles. The van der Waals surface area contributed by atoms with E-state index >= 15 is 0 Å². The van der Waals surface area contributed by atoms with Gasteiger partial charge in [-0.05, 0) is 12.1 Å². The second kappa shape index (κ2) is 3.98. The van der Waals surface area contributed by atoms with Crippen molar-refractivity contribution in [1.82, 2.24) is 0 Å². The van der Waals surface area contributed by atoms with Crippen molar-refractivity contribution in [3.63, 3.8) is 0 Å². The minimum absolute atomic E-state index is 0.0353. The number of ether oxygens (including phenoxy) is 1. The molecule has 0 bridgehead atoms. The van der Waals surface area contributed by atoms with E-state index in [4.69, 9.17) is 0 Å². The zero-order chi connectivity index (χ0) is 9.84. The van der Waals surface area contributed by atoms with E-state index in [0.717, 1.165) is 13.2 Å². The van der Waals surface area contributed by atoms with Crippen molar-refractivity contribution in [1.29, 1.82) is 0 Å². The fraction of sp³-hybridized carbons (Fsp3) is 0.222. The van der Waals surface area contributed by atoms with Crippen molar-refractivity contribution >= 4 is 5.97 Å². The van der Waals surface area contributed by atoms with Gasteiger partial charge in [0.05, 0.1) is 7.11 Å². The number of hydrogen-bond acceptors (Lipinski definition) is 2. The van der Waals surface area contributed by atoms with Crippen molar-refractivity contribution in [2.24, 2.45) is 0 Å². The van der Waals surface area contributed by atoms with Gasteiger partial charge in [0.1, 0.15) is 5.82 Å². The molecule has 0 amide bonds. The lowest BCUT2D eigenvalue weighted by Gasteiger charge is -2.05. The van der Waals surface area contributed by atoms with Crippen LogP contribution in [0.25, 0.3) is 0 Å². The predicted octanol–water partition coefficient (Wildman–Crippen LogP) is 2.01. The molecule has 70 valence electrons. The van der Waals surface area contributed by atoms with Crippen LogP contribution in [0.2, 0.25) is 0 Å². The number of carbonyl (C=O) groups excluding carboxylic acids is 1. The van der Waals surface area contributed by atoms with E-state index in [1.807, 2.05) is 0 Å². The average molecular weight is 186 g/mol. The highest BCUT2D eigenvalue weighted by molar-refractivity contribution is 5.76. The number of carbonyl (C=O) groups is 1. The molecule has 0 aliphatic rings. The molecule has 2 nitrogen and oxygen atoms in total. The van der Waals surface area contributed by atoms with Crippen LogP contribution in [-0.4, -0.2) is 13.1 Å². The first-order chi connectivity index (χ1) is 6.15. The van der Waals surface area contributed by atoms with Crippen molar-refractivity contribution in [3.8, 4) is 0 Å². The molecule has 1 aromatic rings. The van der Waals surface area contributed by atoms with Crippen molar-refractivity contribution in [2.45, 2.75) is 6.17 Å². The van der Waals surface area contributed by atoms with Crippen molar-refractivity contribution < 1.29 is 18.3 Å². The lowest BCUT2D eigenvalue weighted by atomic mass is 10.1. The second-order valence-corrected chi connectivity index (χ2v) is 2.44. The summed E-state index contributed by atoms with van der Waals surface area (Å²) in [4.78, 5) is 10.7. The van der Waals surface area contributed by atoms with Crippen molar-refractivity contribution in [3.05, 3.63) is 35.6 Å². The fourth-order valence-electron chi connectivity index (χ4n) is 0.904. The van der Waals surface area contributed by atoms with E-state index in [1.165, 1.54) is 18.2 Å². The summed E-state index contributed by atoms with van der Waals surface area (Å²) in [5.74, 6) is -1.60. The second-order valence-electron chi connectivity index (χ2n) is 2.44. The summed E-state index contributed by atoms with van der Waals surface area (Å²) in [6.07, 6.45) is -1.92. The first-order valence-corrected chi connectivity index (χ1v) is 3.62. The molecular formula is C9H8F2O2. The topological polar surface area (TPSA) is 26.3 Å². The molecule has 1 unspecified atom stereocenters. The molecular weight excluding hydrogens is 178 g/mol. The number of alkyl halides is 1. The van der Waals surface area contributed by atoms with Gasteiger partial charge in [-0.1, -0.05) is 12.1 Å². The van der Waals surface area contributed by atoms with Gasteiger partial charge in [0.15, 0.2) is 0 Å². The van der Waals surface area contributed by atoms with E-state index < -0.39 is 18.0 Å². The summed E-state index contributed by atoms with van der Waals surface area (Å²) in [6.45, 7) is 0. The molecule has 0 N–H and O–H groups in total. The molecule has 1 atom stereocenters. The Bertz CT molecular complexity index is 312. The standard InChI is InChI=1S/C9H8F2O2/c1-13-9(12)8(11)6-3-2-4-7(10)5-6/h2-5,8H,1H3. The maximum Gasteiger partial charge on any atom is 0.345 e. The molecule has 0 saturated heterocycles. The van der Waals surface area contributed by atoms with Gasteiger partial charge in [-0.3, -0.25) is 0 Å². The van der Waals surface area contributed by atoms with Gasteiger partial charge >= 0.3 is 5.97 Å². The van der Waals surface area contributed by atoms with Crippen LogP contribution in [0.1, 0.15) is 11.7 Å². The van der Waals surface area contributed by atoms with Crippen LogP contribution in [-0.2, 0) is 9.53 Å². The summed E-state index contributed by atoms with van der Waals surface area (Å²) in [6, 6.07) is 4.79. The monoisotopic (exact) mass is 186 g/mol. The summed E-state index contributed by atoms with van der Waals surface area (Å²) >= 11 is 0. The molecule has 0 aromatic heterocycles. The van der Waals surface area contributed by atoms with Gasteiger partial charge in [-0.25, -0.2) is 13.6 Å². The summed E-state index contributed by atoms with van der Waals surface area (Å²) in [5, 5.41) is 0. The third-order valence-electron chi connectivity index (χ3n) is 1.55. The quantitative estimate of drug-likeness (QED) is 0.660. The summed E-state index contributed by atoms with van der Waals surface area (Å²) in [5.41, 5.74) is -0.0353. The van der Waals surface area contributed by atoms with Gasteiger partial charge in [0.2, 0.25) is 6.17 Å². The molecule has 4 heteroatoms. The van der Waals surface area contributed by atoms with Crippen molar-refractivity contribution in [2.75, 3.05) is 7.11 Å². The van der Waals surface area contributed by atoms with Crippen LogP contribution in [0.15, 0.2) is 24.3 Å². The fourth-order valence-corrected chi connectivity index (χ4v) is 0.904. The van der Waals surface area contributed by atoms with Crippen LogP contribution in [0, 0.1) is 5.82 Å². The van der Waals surface area contributed by atoms with Crippen LogP contribution in [0.4, 0.5) is 8.78 Å². The van der Waals surface area contributed by atoms with Crippen LogP contribution >= 0.6 is 0 Å². The minimum Gasteiger partial charge on any atom is -0.467 e. The number of halogens is 2. The molecule has 0 aliphatic carbocycles. The van der Waals surface area contributed by atoms with E-state index in [-0.39, 0.29) is 5.56 Å². The van der Waals surface area contributed by atoms with E-state index in [0.29, 0.717) is 0 Å². The Morgan fingerprint density at radius 3 is 2.77 bits per heavy atom. The van der Waals surface area contributed by atoms with E-state index in [9.17, 15) is 13.6 Å². The highest BCUT2D eigenvalue weighted by Gasteiger charge is 2.20. The van der Waals surface area contributed by atoms with Gasteiger partial charge in [0.25, 0.3) is 0 Å². The Balaban J connectivity index is 2.88. The Labute approximate surface area is 74.1 Å². The highest BCUT2D eigenvalue weighted by Crippen LogP contribution is 2.19. The zero-order valence-electron chi connectivity index (χ0n) is 6.96. The number of hydrogen-bond donors (Lipinski definition) is 0. The maximum atomic E-state index is 13.1. The maximum absolute atomic E-state index is 13.1. The minimum atomic E-state index is -1.92. The van der Waals surface area contributed by atoms with Crippen LogP contribution < -0.4 is 0 Å². The first-order valence-electron chi connectivity index (χ1n) is 3.62. The number of rotatable bonds is 2. The molecule has 1 rings (SSSR count). The Morgan fingerprint density at radius 2 is 2.23 bits per heavy atom. The molecule has 1 aromatic carbocycles. The Kier molecular flexibility index (Phi) is 2.95. The molecule has 0 aliphatic heterocycles. The molecule has 13 heavy (non-hydrogen) atoms. The third-order valence-corrected chi connectivity index (χ3v) is 1.55. The summed E-state index contributed by atoms with van der Waals surface area (Å²) in [7, 11) is 1.08. The predicted molar refractivity (Wildman–Crippen MR) is 42.3 cm³/mol. The number of benzene rings is 1. The molecule has 0 radical (unpaired) electrons. The molecule has 0 fully saturated rings. The van der Waals surface area contributed by atoms with Gasteiger partial charge < -0.3 is 4.74 Å².